The summed E-state index contributed by atoms with van der Waals surface area (Å²) in [6, 6.07) is 0. The molecule has 19 atom stereocenters. The van der Waals surface area contributed by atoms with E-state index in [1.165, 1.54) is 0 Å². The van der Waals surface area contributed by atoms with Crippen LogP contribution in [0.1, 0.15) is 72.6 Å². The van der Waals surface area contributed by atoms with Gasteiger partial charge < -0.3 is 49.6 Å². The van der Waals surface area contributed by atoms with Crippen LogP contribution >= 0.6 is 0 Å². The molecule has 0 bridgehead atoms. The van der Waals surface area contributed by atoms with Gasteiger partial charge in [0.2, 0.25) is 0 Å². The summed E-state index contributed by atoms with van der Waals surface area (Å²) in [7, 11) is 0. The molecule has 42 heavy (non-hydrogen) atoms. The van der Waals surface area contributed by atoms with E-state index in [1.807, 2.05) is 0 Å². The van der Waals surface area contributed by atoms with Crippen molar-refractivity contribution >= 4 is 0 Å². The van der Waals surface area contributed by atoms with E-state index in [0.717, 1.165) is 45.1 Å². The maximum Gasteiger partial charge on any atom is 0.186 e. The van der Waals surface area contributed by atoms with Crippen molar-refractivity contribution in [3.05, 3.63) is 0 Å². The standard InChI is InChI=1S/C32H52O10/c1-14-7-10-32(40-12-14)15(2)22-21(42-32)11-19-16-5-6-18-23(34)25(36)26(37)28(31(18,4)17(16)8-9-30(19,22)3)41-29-27(38)24(35)20(33)13-39-29/h14-29,33-38H,5-13H2,1-4H3. The number of rotatable bonds is 2. The van der Waals surface area contributed by atoms with E-state index < -0.39 is 60.2 Å². The molecule has 10 heteroatoms. The number of hydrogen-bond acceptors (Lipinski definition) is 10. The van der Waals surface area contributed by atoms with Crippen LogP contribution in [0.15, 0.2) is 0 Å². The smallest absolute Gasteiger partial charge is 0.186 e. The normalized spacial score (nSPS) is 62.7. The second-order valence-corrected chi connectivity index (χ2v) is 15.7. The van der Waals surface area contributed by atoms with Crippen LogP contribution in [0.3, 0.4) is 0 Å². The van der Waals surface area contributed by atoms with Gasteiger partial charge in [0.1, 0.15) is 30.5 Å². The van der Waals surface area contributed by atoms with Crippen LogP contribution in [0, 0.1) is 52.3 Å². The lowest BCUT2D eigenvalue weighted by atomic mass is 9.43. The summed E-state index contributed by atoms with van der Waals surface area (Å²) in [6.45, 7) is 9.64. The molecule has 10 nitrogen and oxygen atoms in total. The lowest BCUT2D eigenvalue weighted by Gasteiger charge is -2.65. The number of aliphatic hydroxyl groups excluding tert-OH is 6. The SMILES string of the molecule is CC1CCC2(OC1)OC1CC3C4CCC5C(O)C(O)C(O)C(OC6OCC(O)C(O)C6O)C5(C)C4CCC3(C)C1C2C. The second-order valence-electron chi connectivity index (χ2n) is 15.7. The molecule has 6 N–H and O–H groups in total. The number of aliphatic hydroxyl groups is 6. The van der Waals surface area contributed by atoms with Crippen LogP contribution in [0.4, 0.5) is 0 Å². The van der Waals surface area contributed by atoms with Crippen molar-refractivity contribution in [2.45, 2.75) is 134 Å². The van der Waals surface area contributed by atoms with Gasteiger partial charge in [0.25, 0.3) is 0 Å². The molecule has 3 aliphatic heterocycles. The molecule has 7 aliphatic rings. The third kappa shape index (κ3) is 4.06. The molecule has 0 amide bonds. The Morgan fingerprint density at radius 3 is 2.21 bits per heavy atom. The van der Waals surface area contributed by atoms with Crippen LogP contribution in [0.25, 0.3) is 0 Å². The fraction of sp³-hybridized carbons (Fsp3) is 1.00. The summed E-state index contributed by atoms with van der Waals surface area (Å²) in [5.41, 5.74) is -0.616. The van der Waals surface area contributed by atoms with Gasteiger partial charge in [0, 0.05) is 17.8 Å². The first-order valence-electron chi connectivity index (χ1n) is 16.5. The fourth-order valence-electron chi connectivity index (χ4n) is 11.7. The first kappa shape index (κ1) is 30.3. The maximum absolute atomic E-state index is 11.4. The third-order valence-electron chi connectivity index (χ3n) is 13.9. The first-order valence-corrected chi connectivity index (χ1v) is 16.5. The van der Waals surface area contributed by atoms with Crippen molar-refractivity contribution in [2.24, 2.45) is 52.3 Å². The van der Waals surface area contributed by atoms with Gasteiger partial charge in [-0.3, -0.25) is 0 Å². The molecule has 4 aliphatic carbocycles. The van der Waals surface area contributed by atoms with E-state index in [4.69, 9.17) is 18.9 Å². The van der Waals surface area contributed by atoms with E-state index in [-0.39, 0.29) is 30.0 Å². The lowest BCUT2D eigenvalue weighted by molar-refractivity contribution is -0.339. The number of hydrogen-bond donors (Lipinski definition) is 6. The Bertz CT molecular complexity index is 1020. The summed E-state index contributed by atoms with van der Waals surface area (Å²) < 4.78 is 25.3. The Labute approximate surface area is 248 Å². The zero-order valence-corrected chi connectivity index (χ0v) is 25.4. The summed E-state index contributed by atoms with van der Waals surface area (Å²) >= 11 is 0. The monoisotopic (exact) mass is 596 g/mol. The largest absolute Gasteiger partial charge is 0.390 e. The van der Waals surface area contributed by atoms with Crippen LogP contribution in [0.5, 0.6) is 0 Å². The Morgan fingerprint density at radius 2 is 1.50 bits per heavy atom. The first-order chi connectivity index (χ1) is 19.8. The number of fused-ring (bicyclic) bond motifs is 7. The van der Waals surface area contributed by atoms with Gasteiger partial charge in [0.15, 0.2) is 12.1 Å². The topological polar surface area (TPSA) is 158 Å². The molecule has 0 radical (unpaired) electrons. The highest BCUT2D eigenvalue weighted by molar-refractivity contribution is 5.18. The predicted octanol–water partition coefficient (Wildman–Crippen LogP) is 1.17. The highest BCUT2D eigenvalue weighted by Gasteiger charge is 2.71. The zero-order valence-electron chi connectivity index (χ0n) is 25.4. The molecule has 3 saturated heterocycles. The molecular weight excluding hydrogens is 544 g/mol. The van der Waals surface area contributed by atoms with E-state index >= 15 is 0 Å². The molecule has 3 heterocycles. The minimum Gasteiger partial charge on any atom is -0.390 e. The number of ether oxygens (including phenoxy) is 4. The van der Waals surface area contributed by atoms with Crippen LogP contribution in [-0.4, -0.2) is 105 Å². The van der Waals surface area contributed by atoms with Crippen molar-refractivity contribution in [1.29, 1.82) is 0 Å². The lowest BCUT2D eigenvalue weighted by Crippen LogP contribution is -2.70. The quantitative estimate of drug-likeness (QED) is 0.273. The summed E-state index contributed by atoms with van der Waals surface area (Å²) in [5, 5.41) is 64.5. The van der Waals surface area contributed by atoms with Gasteiger partial charge in [-0.1, -0.05) is 27.7 Å². The van der Waals surface area contributed by atoms with Crippen molar-refractivity contribution in [3.8, 4) is 0 Å². The molecule has 1 spiro atoms. The fourth-order valence-corrected chi connectivity index (χ4v) is 11.7. The average molecular weight is 597 g/mol. The molecule has 0 aromatic heterocycles. The highest BCUT2D eigenvalue weighted by atomic mass is 16.7. The Hall–Kier alpha value is -0.400. The van der Waals surface area contributed by atoms with E-state index in [2.05, 4.69) is 27.7 Å². The molecule has 19 unspecified atom stereocenters. The van der Waals surface area contributed by atoms with Crippen molar-refractivity contribution in [1.82, 2.24) is 0 Å². The van der Waals surface area contributed by atoms with Crippen LogP contribution < -0.4 is 0 Å². The van der Waals surface area contributed by atoms with Gasteiger partial charge in [-0.05, 0) is 79.4 Å². The third-order valence-corrected chi connectivity index (χ3v) is 13.9. The van der Waals surface area contributed by atoms with Gasteiger partial charge in [0.05, 0.1) is 31.5 Å². The van der Waals surface area contributed by atoms with Gasteiger partial charge in [-0.15, -0.1) is 0 Å². The van der Waals surface area contributed by atoms with E-state index in [1.54, 1.807) is 0 Å². The Balaban J connectivity index is 1.17. The Morgan fingerprint density at radius 1 is 0.738 bits per heavy atom. The molecular formula is C32H52O10. The minimum absolute atomic E-state index is 0.0923. The zero-order chi connectivity index (χ0) is 29.9. The van der Waals surface area contributed by atoms with Gasteiger partial charge in [-0.25, -0.2) is 0 Å². The minimum atomic E-state index is -1.51. The van der Waals surface area contributed by atoms with E-state index in [0.29, 0.717) is 36.0 Å². The van der Waals surface area contributed by atoms with Crippen molar-refractivity contribution in [3.63, 3.8) is 0 Å². The molecule has 240 valence electrons. The molecule has 0 aromatic carbocycles. The molecule has 7 fully saturated rings. The van der Waals surface area contributed by atoms with Crippen LogP contribution in [0.2, 0.25) is 0 Å². The van der Waals surface area contributed by atoms with Crippen molar-refractivity contribution < 1.29 is 49.6 Å². The van der Waals surface area contributed by atoms with E-state index in [9.17, 15) is 30.6 Å². The van der Waals surface area contributed by atoms with Gasteiger partial charge in [-0.2, -0.15) is 0 Å². The maximum atomic E-state index is 11.4. The summed E-state index contributed by atoms with van der Waals surface area (Å²) in [5.74, 6) is 1.37. The summed E-state index contributed by atoms with van der Waals surface area (Å²) in [6.07, 6.45) is -3.57. The molecule has 0 aromatic rings. The van der Waals surface area contributed by atoms with Crippen molar-refractivity contribution in [2.75, 3.05) is 13.2 Å². The Kier molecular flexibility index (Phi) is 7.43. The predicted molar refractivity (Wildman–Crippen MR) is 149 cm³/mol. The van der Waals surface area contributed by atoms with Crippen LogP contribution in [-0.2, 0) is 18.9 Å². The summed E-state index contributed by atoms with van der Waals surface area (Å²) in [4.78, 5) is 0. The average Bonchev–Trinajstić information content (AvgIpc) is 3.41. The molecule has 7 rings (SSSR count). The highest BCUT2D eigenvalue weighted by Crippen LogP contribution is 2.71. The molecule has 4 saturated carbocycles. The second kappa shape index (κ2) is 10.3. The van der Waals surface area contributed by atoms with Gasteiger partial charge >= 0.3 is 0 Å².